The lowest BCUT2D eigenvalue weighted by Gasteiger charge is -2.25. The van der Waals surface area contributed by atoms with Gasteiger partial charge in [0.1, 0.15) is 5.75 Å². The van der Waals surface area contributed by atoms with E-state index in [-0.39, 0.29) is 5.92 Å². The molecule has 2 aromatic carbocycles. The molecule has 1 aliphatic rings. The molecule has 2 unspecified atom stereocenters. The lowest BCUT2D eigenvalue weighted by Crippen LogP contribution is -2.15. The monoisotopic (exact) mass is 253 g/mol. The Morgan fingerprint density at radius 1 is 1.05 bits per heavy atom. The summed E-state index contributed by atoms with van der Waals surface area (Å²) in [5.74, 6) is 0.701. The highest BCUT2D eigenvalue weighted by atomic mass is 16.5. The Bertz CT molecular complexity index is 604. The standard InChI is InChI=1S/C16H15NO2/c1-19-12-8-6-11(7-9-12)14-10-17-15-5-3-2-4-13(15)16(14)18/h2-10,14,16,18H,1H3. The Kier molecular flexibility index (Phi) is 3.05. The fourth-order valence-corrected chi connectivity index (χ4v) is 2.39. The van der Waals surface area contributed by atoms with Gasteiger partial charge in [-0.15, -0.1) is 0 Å². The molecular formula is C16H15NO2. The average Bonchev–Trinajstić information content (AvgIpc) is 2.48. The maximum atomic E-state index is 10.5. The number of para-hydroxylation sites is 1. The van der Waals surface area contributed by atoms with E-state index in [2.05, 4.69) is 4.99 Å². The third kappa shape index (κ3) is 2.13. The molecule has 0 bridgehead atoms. The van der Waals surface area contributed by atoms with E-state index in [1.165, 1.54) is 0 Å². The zero-order valence-corrected chi connectivity index (χ0v) is 10.7. The van der Waals surface area contributed by atoms with E-state index in [1.54, 1.807) is 7.11 Å². The maximum absolute atomic E-state index is 10.5. The fourth-order valence-electron chi connectivity index (χ4n) is 2.39. The van der Waals surface area contributed by atoms with E-state index < -0.39 is 6.10 Å². The molecule has 0 aromatic heterocycles. The largest absolute Gasteiger partial charge is 0.497 e. The van der Waals surface area contributed by atoms with Crippen molar-refractivity contribution >= 4 is 11.9 Å². The number of benzene rings is 2. The molecule has 0 spiro atoms. The molecule has 3 heteroatoms. The van der Waals surface area contributed by atoms with Crippen molar-refractivity contribution in [3.05, 3.63) is 59.7 Å². The predicted molar refractivity (Wildman–Crippen MR) is 75.3 cm³/mol. The number of ether oxygens (including phenoxy) is 1. The topological polar surface area (TPSA) is 41.8 Å². The van der Waals surface area contributed by atoms with E-state index >= 15 is 0 Å². The molecule has 0 saturated heterocycles. The molecule has 96 valence electrons. The van der Waals surface area contributed by atoms with Crippen LogP contribution in [0.15, 0.2) is 53.5 Å². The van der Waals surface area contributed by atoms with Crippen LogP contribution in [0, 0.1) is 0 Å². The second-order valence-electron chi connectivity index (χ2n) is 4.58. The highest BCUT2D eigenvalue weighted by Gasteiger charge is 2.26. The van der Waals surface area contributed by atoms with E-state index in [1.807, 2.05) is 54.7 Å². The summed E-state index contributed by atoms with van der Waals surface area (Å²) < 4.78 is 5.14. The predicted octanol–water partition coefficient (Wildman–Crippen LogP) is 3.23. The van der Waals surface area contributed by atoms with E-state index in [9.17, 15) is 5.11 Å². The van der Waals surface area contributed by atoms with Gasteiger partial charge in [-0.25, -0.2) is 0 Å². The van der Waals surface area contributed by atoms with Gasteiger partial charge < -0.3 is 9.84 Å². The molecule has 0 amide bonds. The van der Waals surface area contributed by atoms with Gasteiger partial charge in [0.2, 0.25) is 0 Å². The Morgan fingerprint density at radius 3 is 2.53 bits per heavy atom. The molecule has 3 nitrogen and oxygen atoms in total. The van der Waals surface area contributed by atoms with Gasteiger partial charge in [-0.1, -0.05) is 30.3 Å². The fraction of sp³-hybridized carbons (Fsp3) is 0.188. The van der Waals surface area contributed by atoms with Gasteiger partial charge in [0.25, 0.3) is 0 Å². The molecule has 1 N–H and O–H groups in total. The zero-order valence-electron chi connectivity index (χ0n) is 10.7. The molecule has 1 aliphatic heterocycles. The first-order valence-electron chi connectivity index (χ1n) is 6.25. The van der Waals surface area contributed by atoms with Crippen molar-refractivity contribution in [2.45, 2.75) is 12.0 Å². The maximum Gasteiger partial charge on any atom is 0.118 e. The molecule has 1 heterocycles. The summed E-state index contributed by atoms with van der Waals surface area (Å²) >= 11 is 0. The zero-order chi connectivity index (χ0) is 13.2. The lowest BCUT2D eigenvalue weighted by molar-refractivity contribution is 0.168. The van der Waals surface area contributed by atoms with Crippen molar-refractivity contribution in [2.24, 2.45) is 4.99 Å². The van der Waals surface area contributed by atoms with Crippen LogP contribution in [0.3, 0.4) is 0 Å². The summed E-state index contributed by atoms with van der Waals surface area (Å²) in [6.45, 7) is 0. The summed E-state index contributed by atoms with van der Waals surface area (Å²) in [7, 11) is 1.64. The van der Waals surface area contributed by atoms with Gasteiger partial charge in [0.05, 0.1) is 18.9 Å². The van der Waals surface area contributed by atoms with Gasteiger partial charge in [-0.05, 0) is 23.8 Å². The number of aliphatic imine (C=N–C) groups is 1. The number of fused-ring (bicyclic) bond motifs is 1. The van der Waals surface area contributed by atoms with Crippen molar-refractivity contribution in [3.8, 4) is 5.75 Å². The lowest BCUT2D eigenvalue weighted by atomic mass is 9.87. The smallest absolute Gasteiger partial charge is 0.118 e. The Balaban J connectivity index is 1.95. The summed E-state index contributed by atoms with van der Waals surface area (Å²) in [5, 5.41) is 10.5. The molecule has 0 saturated carbocycles. The molecular weight excluding hydrogens is 238 g/mol. The Hall–Kier alpha value is -2.13. The minimum Gasteiger partial charge on any atom is -0.497 e. The van der Waals surface area contributed by atoms with Gasteiger partial charge >= 0.3 is 0 Å². The summed E-state index contributed by atoms with van der Waals surface area (Å²) in [5.41, 5.74) is 2.76. The quantitative estimate of drug-likeness (QED) is 0.892. The van der Waals surface area contributed by atoms with Crippen molar-refractivity contribution in [1.29, 1.82) is 0 Å². The first-order chi connectivity index (χ1) is 9.29. The SMILES string of the molecule is COc1ccc(C2C=Nc3ccccc3C2O)cc1. The normalized spacial score (nSPS) is 20.9. The second kappa shape index (κ2) is 4.86. The third-order valence-corrected chi connectivity index (χ3v) is 3.47. The number of methoxy groups -OCH3 is 1. The van der Waals surface area contributed by atoms with Gasteiger partial charge in [-0.3, -0.25) is 4.99 Å². The molecule has 19 heavy (non-hydrogen) atoms. The van der Waals surface area contributed by atoms with E-state index in [4.69, 9.17) is 4.74 Å². The Morgan fingerprint density at radius 2 is 1.79 bits per heavy atom. The van der Waals surface area contributed by atoms with Gasteiger partial charge in [-0.2, -0.15) is 0 Å². The average molecular weight is 253 g/mol. The van der Waals surface area contributed by atoms with E-state index in [0.29, 0.717) is 0 Å². The van der Waals surface area contributed by atoms with E-state index in [0.717, 1.165) is 22.6 Å². The van der Waals surface area contributed by atoms with Crippen LogP contribution in [0.2, 0.25) is 0 Å². The van der Waals surface area contributed by atoms with Crippen molar-refractivity contribution in [2.75, 3.05) is 7.11 Å². The van der Waals surface area contributed by atoms with Crippen LogP contribution in [0.4, 0.5) is 5.69 Å². The number of nitrogens with zero attached hydrogens (tertiary/aromatic N) is 1. The third-order valence-electron chi connectivity index (χ3n) is 3.47. The van der Waals surface area contributed by atoms with Crippen LogP contribution < -0.4 is 4.74 Å². The van der Waals surface area contributed by atoms with Crippen molar-refractivity contribution < 1.29 is 9.84 Å². The first kappa shape index (κ1) is 11.9. The summed E-state index contributed by atoms with van der Waals surface area (Å²) in [6, 6.07) is 15.4. The van der Waals surface area contributed by atoms with Crippen molar-refractivity contribution in [3.63, 3.8) is 0 Å². The minimum absolute atomic E-state index is 0.110. The highest BCUT2D eigenvalue weighted by molar-refractivity contribution is 5.77. The number of rotatable bonds is 2. The van der Waals surface area contributed by atoms with Crippen LogP contribution in [0.5, 0.6) is 5.75 Å². The summed E-state index contributed by atoms with van der Waals surface area (Å²) in [4.78, 5) is 4.43. The minimum atomic E-state index is -0.554. The van der Waals surface area contributed by atoms with Crippen LogP contribution in [-0.2, 0) is 0 Å². The number of aliphatic hydroxyl groups is 1. The second-order valence-corrected chi connectivity index (χ2v) is 4.58. The number of aliphatic hydroxyl groups excluding tert-OH is 1. The molecule has 0 fully saturated rings. The van der Waals surface area contributed by atoms with Crippen LogP contribution in [0.1, 0.15) is 23.1 Å². The van der Waals surface area contributed by atoms with Crippen LogP contribution in [0.25, 0.3) is 0 Å². The number of hydrogen-bond acceptors (Lipinski definition) is 3. The summed E-state index contributed by atoms with van der Waals surface area (Å²) in [6.07, 6.45) is 1.26. The number of hydrogen-bond donors (Lipinski definition) is 1. The molecule has 2 atom stereocenters. The molecule has 0 aliphatic carbocycles. The van der Waals surface area contributed by atoms with Gasteiger partial charge in [0.15, 0.2) is 0 Å². The molecule has 3 rings (SSSR count). The Labute approximate surface area is 112 Å². The van der Waals surface area contributed by atoms with Gasteiger partial charge in [0, 0.05) is 17.7 Å². The van der Waals surface area contributed by atoms with Crippen LogP contribution in [-0.4, -0.2) is 18.4 Å². The molecule has 2 aromatic rings. The molecule has 0 radical (unpaired) electrons. The van der Waals surface area contributed by atoms with Crippen molar-refractivity contribution in [1.82, 2.24) is 0 Å². The van der Waals surface area contributed by atoms with Crippen LogP contribution >= 0.6 is 0 Å². The first-order valence-corrected chi connectivity index (χ1v) is 6.25. The highest BCUT2D eigenvalue weighted by Crippen LogP contribution is 2.38.